The van der Waals surface area contributed by atoms with Crippen LogP contribution in [0.25, 0.3) is 27.9 Å². The molecule has 0 bridgehead atoms. The van der Waals surface area contributed by atoms with E-state index in [1.54, 1.807) is 0 Å². The van der Waals surface area contributed by atoms with Gasteiger partial charge in [-0.2, -0.15) is 0 Å². The van der Waals surface area contributed by atoms with Gasteiger partial charge in [-0.15, -0.1) is 0 Å². The Hall–Kier alpha value is -2.69. The van der Waals surface area contributed by atoms with E-state index in [-0.39, 0.29) is 0 Å². The van der Waals surface area contributed by atoms with Gasteiger partial charge in [-0.05, 0) is 6.07 Å². The number of pyridine rings is 1. The third-order valence-corrected chi connectivity index (χ3v) is 4.21. The average Bonchev–Trinajstić information content (AvgIpc) is 3.10. The first-order chi connectivity index (χ1) is 9.84. The summed E-state index contributed by atoms with van der Waals surface area (Å²) in [5.74, 6) is 1.25. The maximum Gasteiger partial charge on any atom is 0.290 e. The van der Waals surface area contributed by atoms with Gasteiger partial charge in [0.15, 0.2) is 5.52 Å². The van der Waals surface area contributed by atoms with E-state index in [9.17, 15) is 0 Å². The topological polar surface area (TPSA) is 39.0 Å². The lowest BCUT2D eigenvalue weighted by Gasteiger charge is -1.94. The molecule has 0 aromatic carbocycles. The van der Waals surface area contributed by atoms with Crippen LogP contribution < -0.4 is 4.57 Å². The minimum absolute atomic E-state index is 0.879. The summed E-state index contributed by atoms with van der Waals surface area (Å²) in [4.78, 5) is 8.50. The molecule has 0 fully saturated rings. The minimum atomic E-state index is 0.879. The van der Waals surface area contributed by atoms with Crippen LogP contribution in [0.5, 0.6) is 0 Å². The highest BCUT2D eigenvalue weighted by molar-refractivity contribution is 5.91. The van der Waals surface area contributed by atoms with Crippen LogP contribution in [0.2, 0.25) is 0 Å². The molecule has 0 unspecified atom stereocenters. The van der Waals surface area contributed by atoms with Gasteiger partial charge in [-0.25, -0.2) is 9.13 Å². The van der Waals surface area contributed by atoms with Crippen LogP contribution in [0.1, 0.15) is 5.56 Å². The largest absolute Gasteiger partial charge is 0.313 e. The zero-order chi connectivity index (χ0) is 13.3. The van der Waals surface area contributed by atoms with E-state index >= 15 is 0 Å². The Bertz CT molecular complexity index is 992. The van der Waals surface area contributed by atoms with Crippen molar-refractivity contribution in [3.05, 3.63) is 48.8 Å². The zero-order valence-corrected chi connectivity index (χ0v) is 11.0. The number of imidazole rings is 1. The van der Waals surface area contributed by atoms with E-state index in [1.165, 1.54) is 28.0 Å². The predicted molar refractivity (Wildman–Crippen MR) is 74.2 cm³/mol. The summed E-state index contributed by atoms with van der Waals surface area (Å²) >= 11 is 0. The normalized spacial score (nSPS) is 13.1. The van der Waals surface area contributed by atoms with Gasteiger partial charge in [-0.1, -0.05) is 0 Å². The van der Waals surface area contributed by atoms with Crippen LogP contribution in [0.3, 0.4) is 0 Å². The molecule has 0 spiro atoms. The van der Waals surface area contributed by atoms with Crippen LogP contribution in [0.4, 0.5) is 0 Å². The molecule has 5 heterocycles. The summed E-state index contributed by atoms with van der Waals surface area (Å²) in [5.41, 5.74) is 6.18. The molecule has 5 heteroatoms. The molecule has 1 aliphatic rings. The number of hydrogen-bond acceptors (Lipinski definition) is 2. The van der Waals surface area contributed by atoms with Crippen molar-refractivity contribution in [2.24, 2.45) is 7.05 Å². The predicted octanol–water partition coefficient (Wildman–Crippen LogP) is 1.54. The molecule has 4 aromatic rings. The molecule has 0 radical (unpaired) electrons. The summed E-state index contributed by atoms with van der Waals surface area (Å²) < 4.78 is 6.75. The number of fused-ring (bicyclic) bond motifs is 7. The van der Waals surface area contributed by atoms with E-state index in [1.807, 2.05) is 31.0 Å². The summed E-state index contributed by atoms with van der Waals surface area (Å²) in [6.45, 7) is 0.879. The third-order valence-electron chi connectivity index (χ3n) is 4.21. The number of nitrogens with zero attached hydrogens (tertiary/aromatic N) is 5. The van der Waals surface area contributed by atoms with Crippen molar-refractivity contribution in [3.63, 3.8) is 0 Å². The first-order valence-electron chi connectivity index (χ1n) is 6.61. The number of aryl methyl sites for hydroxylation is 1. The molecule has 0 atom stereocenters. The van der Waals surface area contributed by atoms with Crippen molar-refractivity contribution < 1.29 is 4.57 Å². The van der Waals surface area contributed by atoms with Gasteiger partial charge in [0.25, 0.3) is 5.82 Å². The Labute approximate surface area is 114 Å². The molecule has 20 heavy (non-hydrogen) atoms. The average molecular weight is 262 g/mol. The molecule has 4 aromatic heterocycles. The molecule has 1 aliphatic heterocycles. The Morgan fingerprint density at radius 2 is 2.05 bits per heavy atom. The van der Waals surface area contributed by atoms with E-state index in [0.29, 0.717) is 0 Å². The summed E-state index contributed by atoms with van der Waals surface area (Å²) in [6, 6.07) is 2.10. The molecule has 0 aliphatic carbocycles. The number of hydrogen-bond donors (Lipinski definition) is 0. The highest BCUT2D eigenvalue weighted by Gasteiger charge is 2.34. The smallest absolute Gasteiger partial charge is 0.290 e. The second-order valence-corrected chi connectivity index (χ2v) is 5.23. The fourth-order valence-corrected chi connectivity index (χ4v) is 3.34. The van der Waals surface area contributed by atoms with Gasteiger partial charge in [0.05, 0.1) is 25.0 Å². The minimum Gasteiger partial charge on any atom is -0.313 e. The van der Waals surface area contributed by atoms with Crippen LogP contribution in [0, 0.1) is 0 Å². The SMILES string of the molecule is Cn1c2[n+](c3c1cn1ccncc31)Cc1cnccc1-2. The number of rotatable bonds is 0. The third kappa shape index (κ3) is 1.02. The summed E-state index contributed by atoms with van der Waals surface area (Å²) in [5, 5.41) is 0. The Balaban J connectivity index is 1.99. The van der Waals surface area contributed by atoms with Crippen molar-refractivity contribution in [3.8, 4) is 11.4 Å². The molecule has 0 saturated heterocycles. The lowest BCUT2D eigenvalue weighted by atomic mass is 10.2. The van der Waals surface area contributed by atoms with Crippen LogP contribution in [0.15, 0.2) is 43.2 Å². The first kappa shape index (κ1) is 10.1. The van der Waals surface area contributed by atoms with Gasteiger partial charge in [0, 0.05) is 30.4 Å². The lowest BCUT2D eigenvalue weighted by Crippen LogP contribution is -2.31. The van der Waals surface area contributed by atoms with Crippen LogP contribution in [-0.2, 0) is 13.6 Å². The van der Waals surface area contributed by atoms with E-state index in [4.69, 9.17) is 0 Å². The Morgan fingerprint density at radius 3 is 3.00 bits per heavy atom. The van der Waals surface area contributed by atoms with E-state index in [2.05, 4.69) is 42.8 Å². The van der Waals surface area contributed by atoms with Crippen molar-refractivity contribution in [1.82, 2.24) is 18.9 Å². The van der Waals surface area contributed by atoms with Crippen LogP contribution >= 0.6 is 0 Å². The second-order valence-electron chi connectivity index (χ2n) is 5.23. The molecule has 0 N–H and O–H groups in total. The maximum absolute atomic E-state index is 4.26. The Kier molecular flexibility index (Phi) is 1.65. The standard InChI is InChI=1S/C15H12N5/c1-18-13-9-19-5-4-17-7-12(19)14(13)20-8-10-6-16-3-2-11(10)15(18)20/h2-7,9H,8H2,1H3/q+1. The molecular formula is C15H12N5+. The monoisotopic (exact) mass is 262 g/mol. The summed E-state index contributed by atoms with van der Waals surface area (Å²) in [7, 11) is 2.12. The quantitative estimate of drug-likeness (QED) is 0.397. The van der Waals surface area contributed by atoms with Gasteiger partial charge in [-0.3, -0.25) is 9.97 Å². The van der Waals surface area contributed by atoms with Gasteiger partial charge in [0.2, 0.25) is 5.52 Å². The van der Waals surface area contributed by atoms with Gasteiger partial charge >= 0.3 is 0 Å². The molecule has 5 rings (SSSR count). The van der Waals surface area contributed by atoms with Crippen LogP contribution in [-0.4, -0.2) is 18.9 Å². The number of aromatic nitrogens is 5. The molecule has 5 nitrogen and oxygen atoms in total. The van der Waals surface area contributed by atoms with Crippen molar-refractivity contribution in [2.75, 3.05) is 0 Å². The van der Waals surface area contributed by atoms with Crippen molar-refractivity contribution in [1.29, 1.82) is 0 Å². The van der Waals surface area contributed by atoms with E-state index < -0.39 is 0 Å². The second kappa shape index (κ2) is 3.25. The first-order valence-corrected chi connectivity index (χ1v) is 6.61. The van der Waals surface area contributed by atoms with Gasteiger partial charge in [0.1, 0.15) is 12.1 Å². The van der Waals surface area contributed by atoms with Crippen molar-refractivity contribution in [2.45, 2.75) is 6.54 Å². The maximum atomic E-state index is 4.26. The fraction of sp³-hybridized carbons (Fsp3) is 0.133. The molecule has 0 amide bonds. The van der Waals surface area contributed by atoms with Crippen molar-refractivity contribution >= 4 is 16.6 Å². The highest BCUT2D eigenvalue weighted by atomic mass is 15.2. The molecule has 0 saturated carbocycles. The molecular weight excluding hydrogens is 250 g/mol. The summed E-state index contributed by atoms with van der Waals surface area (Å²) in [6.07, 6.45) is 11.7. The Morgan fingerprint density at radius 1 is 1.15 bits per heavy atom. The molecule has 96 valence electrons. The highest BCUT2D eigenvalue weighted by Crippen LogP contribution is 2.31. The lowest BCUT2D eigenvalue weighted by molar-refractivity contribution is -0.645. The zero-order valence-electron chi connectivity index (χ0n) is 11.0. The fourth-order valence-electron chi connectivity index (χ4n) is 3.34. The van der Waals surface area contributed by atoms with E-state index in [0.717, 1.165) is 12.1 Å². The van der Waals surface area contributed by atoms with Gasteiger partial charge < -0.3 is 4.40 Å².